The fourth-order valence-electron chi connectivity index (χ4n) is 1.16. The lowest BCUT2D eigenvalue weighted by molar-refractivity contribution is 0.219. The summed E-state index contributed by atoms with van der Waals surface area (Å²) in [5.41, 5.74) is 0.682. The van der Waals surface area contributed by atoms with E-state index in [9.17, 15) is 5.11 Å². The second-order valence-electron chi connectivity index (χ2n) is 2.82. The number of aliphatic hydroxyl groups is 1. The minimum Gasteiger partial charge on any atom is -0.381 e. The van der Waals surface area contributed by atoms with Crippen LogP contribution in [0, 0.1) is 0 Å². The number of rotatable bonds is 2. The van der Waals surface area contributed by atoms with Crippen LogP contribution >= 0.6 is 27.3 Å². The summed E-state index contributed by atoms with van der Waals surface area (Å²) in [5, 5.41) is 11.9. The molecule has 1 N–H and O–H groups in total. The Morgan fingerprint density at radius 1 is 1.43 bits per heavy atom. The van der Waals surface area contributed by atoms with Gasteiger partial charge in [0.25, 0.3) is 0 Å². The number of nitrogens with zero attached hydrogens (tertiary/aromatic N) is 1. The monoisotopic (exact) mass is 269 g/mol. The summed E-state index contributed by atoms with van der Waals surface area (Å²) in [6, 6.07) is 7.43. The Kier molecular flexibility index (Phi) is 2.96. The third kappa shape index (κ3) is 2.03. The average molecular weight is 270 g/mol. The summed E-state index contributed by atoms with van der Waals surface area (Å²) >= 11 is 4.87. The van der Waals surface area contributed by atoms with E-state index in [0.29, 0.717) is 5.69 Å². The van der Waals surface area contributed by atoms with Crippen molar-refractivity contribution in [2.24, 2.45) is 0 Å². The number of pyridine rings is 1. The Hall–Kier alpha value is -0.710. The maximum Gasteiger partial charge on any atom is 0.130 e. The number of aliphatic hydroxyl groups excluding tert-OH is 1. The molecule has 2 rings (SSSR count). The molecule has 0 aliphatic heterocycles. The van der Waals surface area contributed by atoms with Gasteiger partial charge in [-0.1, -0.05) is 6.07 Å². The molecule has 0 radical (unpaired) electrons. The Morgan fingerprint density at radius 2 is 2.29 bits per heavy atom. The molecule has 2 nitrogen and oxygen atoms in total. The molecule has 1 atom stereocenters. The molecule has 0 spiro atoms. The fraction of sp³-hybridized carbons (Fsp3) is 0.100. The van der Waals surface area contributed by atoms with E-state index in [2.05, 4.69) is 20.9 Å². The van der Waals surface area contributed by atoms with Crippen LogP contribution in [0.2, 0.25) is 0 Å². The molecule has 72 valence electrons. The lowest BCUT2D eigenvalue weighted by Crippen LogP contribution is -1.98. The first-order chi connectivity index (χ1) is 6.77. The van der Waals surface area contributed by atoms with Crippen LogP contribution < -0.4 is 0 Å². The van der Waals surface area contributed by atoms with Crippen molar-refractivity contribution in [3.8, 4) is 0 Å². The van der Waals surface area contributed by atoms with Crippen LogP contribution in [0.5, 0.6) is 0 Å². The predicted octanol–water partition coefficient (Wildman–Crippen LogP) is 2.99. The summed E-state index contributed by atoms with van der Waals surface area (Å²) in [4.78, 5) is 5.00. The quantitative estimate of drug-likeness (QED) is 0.910. The Labute approximate surface area is 94.4 Å². The molecule has 0 fully saturated rings. The van der Waals surface area contributed by atoms with E-state index in [1.807, 2.05) is 29.6 Å². The molecule has 0 saturated carbocycles. The van der Waals surface area contributed by atoms with Crippen LogP contribution in [-0.4, -0.2) is 10.1 Å². The van der Waals surface area contributed by atoms with Crippen molar-refractivity contribution in [1.29, 1.82) is 0 Å². The van der Waals surface area contributed by atoms with Gasteiger partial charge in [-0.25, -0.2) is 0 Å². The molecule has 0 bridgehead atoms. The normalized spacial score (nSPS) is 12.7. The molecule has 2 heterocycles. The molecule has 14 heavy (non-hydrogen) atoms. The first kappa shape index (κ1) is 9.83. The van der Waals surface area contributed by atoms with Gasteiger partial charge < -0.3 is 5.11 Å². The Balaban J connectivity index is 2.29. The van der Waals surface area contributed by atoms with Crippen LogP contribution in [-0.2, 0) is 0 Å². The number of thiophene rings is 1. The maximum absolute atomic E-state index is 9.93. The van der Waals surface area contributed by atoms with E-state index in [1.54, 1.807) is 6.20 Å². The Morgan fingerprint density at radius 3 is 2.86 bits per heavy atom. The molecular formula is C10H8BrNOS. The van der Waals surface area contributed by atoms with Gasteiger partial charge in [-0.15, -0.1) is 11.3 Å². The largest absolute Gasteiger partial charge is 0.381 e. The van der Waals surface area contributed by atoms with Crippen LogP contribution in [0.4, 0.5) is 0 Å². The second kappa shape index (κ2) is 4.21. The summed E-state index contributed by atoms with van der Waals surface area (Å²) in [7, 11) is 0. The molecule has 4 heteroatoms. The molecule has 0 saturated heterocycles. The van der Waals surface area contributed by atoms with Gasteiger partial charge in [-0.3, -0.25) is 4.98 Å². The van der Waals surface area contributed by atoms with E-state index in [1.165, 1.54) is 11.3 Å². The van der Waals surface area contributed by atoms with Crippen molar-refractivity contribution < 1.29 is 5.11 Å². The third-order valence-corrected chi connectivity index (χ3v) is 3.57. The Bertz CT molecular complexity index is 415. The van der Waals surface area contributed by atoms with E-state index in [0.717, 1.165) is 9.35 Å². The van der Waals surface area contributed by atoms with Crippen molar-refractivity contribution in [2.75, 3.05) is 0 Å². The summed E-state index contributed by atoms with van der Waals surface area (Å²) < 4.78 is 0.993. The van der Waals surface area contributed by atoms with E-state index < -0.39 is 6.10 Å². The van der Waals surface area contributed by atoms with Gasteiger partial charge in [-0.2, -0.15) is 0 Å². The molecule has 2 aromatic heterocycles. The zero-order valence-corrected chi connectivity index (χ0v) is 9.62. The molecule has 0 amide bonds. The van der Waals surface area contributed by atoms with Crippen LogP contribution in [0.3, 0.4) is 0 Å². The van der Waals surface area contributed by atoms with Crippen LogP contribution in [0.15, 0.2) is 40.3 Å². The first-order valence-corrected chi connectivity index (χ1v) is 5.77. The van der Waals surface area contributed by atoms with Gasteiger partial charge in [0.05, 0.1) is 5.69 Å². The molecular weight excluding hydrogens is 262 g/mol. The SMILES string of the molecule is OC(c1ccccn1)c1cc(Br)cs1. The molecule has 0 aliphatic rings. The third-order valence-electron chi connectivity index (χ3n) is 1.83. The molecule has 0 aliphatic carbocycles. The lowest BCUT2D eigenvalue weighted by atomic mass is 10.2. The van der Waals surface area contributed by atoms with Crippen molar-refractivity contribution in [1.82, 2.24) is 4.98 Å². The highest BCUT2D eigenvalue weighted by Crippen LogP contribution is 2.28. The summed E-state index contributed by atoms with van der Waals surface area (Å²) in [6.45, 7) is 0. The van der Waals surface area contributed by atoms with Crippen molar-refractivity contribution in [2.45, 2.75) is 6.10 Å². The van der Waals surface area contributed by atoms with E-state index in [-0.39, 0.29) is 0 Å². The van der Waals surface area contributed by atoms with Crippen molar-refractivity contribution in [3.63, 3.8) is 0 Å². The van der Waals surface area contributed by atoms with E-state index in [4.69, 9.17) is 0 Å². The van der Waals surface area contributed by atoms with E-state index >= 15 is 0 Å². The van der Waals surface area contributed by atoms with Gasteiger partial charge in [0, 0.05) is 20.9 Å². The van der Waals surface area contributed by atoms with Gasteiger partial charge in [0.2, 0.25) is 0 Å². The minimum absolute atomic E-state index is 0.618. The topological polar surface area (TPSA) is 33.1 Å². The van der Waals surface area contributed by atoms with Gasteiger partial charge in [-0.05, 0) is 34.1 Å². The molecule has 2 aromatic rings. The number of aromatic nitrogens is 1. The average Bonchev–Trinajstić information content (AvgIpc) is 2.65. The molecule has 0 aromatic carbocycles. The van der Waals surface area contributed by atoms with Gasteiger partial charge >= 0.3 is 0 Å². The number of hydrogen-bond donors (Lipinski definition) is 1. The smallest absolute Gasteiger partial charge is 0.130 e. The van der Waals surface area contributed by atoms with Crippen molar-refractivity contribution >= 4 is 27.3 Å². The number of halogens is 1. The van der Waals surface area contributed by atoms with Gasteiger partial charge in [0.1, 0.15) is 6.10 Å². The van der Waals surface area contributed by atoms with Crippen LogP contribution in [0.25, 0.3) is 0 Å². The number of hydrogen-bond acceptors (Lipinski definition) is 3. The standard InChI is InChI=1S/C10H8BrNOS/c11-7-5-9(14-6-7)10(13)8-3-1-2-4-12-8/h1-6,10,13H. The van der Waals surface area contributed by atoms with Crippen LogP contribution in [0.1, 0.15) is 16.7 Å². The maximum atomic E-state index is 9.93. The lowest BCUT2D eigenvalue weighted by Gasteiger charge is -2.06. The first-order valence-electron chi connectivity index (χ1n) is 4.10. The zero-order chi connectivity index (χ0) is 9.97. The summed E-state index contributed by atoms with van der Waals surface area (Å²) in [6.07, 6.45) is 1.06. The second-order valence-corrected chi connectivity index (χ2v) is 4.68. The highest BCUT2D eigenvalue weighted by atomic mass is 79.9. The minimum atomic E-state index is -0.618. The van der Waals surface area contributed by atoms with Gasteiger partial charge in [0.15, 0.2) is 0 Å². The highest BCUT2D eigenvalue weighted by molar-refractivity contribution is 9.10. The van der Waals surface area contributed by atoms with Crippen molar-refractivity contribution in [3.05, 3.63) is 50.9 Å². The summed E-state index contributed by atoms with van der Waals surface area (Å²) in [5.74, 6) is 0. The predicted molar refractivity (Wildman–Crippen MR) is 60.3 cm³/mol. The fourth-order valence-corrected chi connectivity index (χ4v) is 2.60. The molecule has 1 unspecified atom stereocenters. The zero-order valence-electron chi connectivity index (χ0n) is 7.22. The highest BCUT2D eigenvalue weighted by Gasteiger charge is 2.12.